The van der Waals surface area contributed by atoms with Gasteiger partial charge in [-0.3, -0.25) is 0 Å². The van der Waals surface area contributed by atoms with Gasteiger partial charge in [0.25, 0.3) is 0 Å². The molecule has 0 aromatic carbocycles. The maximum absolute atomic E-state index is 11.1. The van der Waals surface area contributed by atoms with Gasteiger partial charge in [0.2, 0.25) is 5.03 Å². The van der Waals surface area contributed by atoms with E-state index in [9.17, 15) is 4.55 Å². The third-order valence-corrected chi connectivity index (χ3v) is 2.73. The van der Waals surface area contributed by atoms with E-state index in [1.54, 1.807) is 12.5 Å². The van der Waals surface area contributed by atoms with Crippen LogP contribution in [0.25, 0.3) is 0 Å². The van der Waals surface area contributed by atoms with Crippen LogP contribution < -0.4 is 5.73 Å². The highest BCUT2D eigenvalue weighted by molar-refractivity contribution is 7.90. The molecule has 0 aliphatic rings. The van der Waals surface area contributed by atoms with Crippen LogP contribution in [0.1, 0.15) is 24.9 Å². The van der Waals surface area contributed by atoms with Crippen LogP contribution in [-0.4, -0.2) is 15.8 Å². The van der Waals surface area contributed by atoms with E-state index >= 15 is 0 Å². The normalized spacial score (nSPS) is 15.4. The van der Waals surface area contributed by atoms with E-state index in [-0.39, 0.29) is 6.04 Å². The summed E-state index contributed by atoms with van der Waals surface area (Å²) >= 11 is -1.02. The largest absolute Gasteiger partial charge is 0.610 e. The first-order chi connectivity index (χ1) is 6.15. The van der Waals surface area contributed by atoms with Crippen LogP contribution in [0, 0.1) is 0 Å². The van der Waals surface area contributed by atoms with Crippen molar-refractivity contribution in [1.29, 1.82) is 0 Å². The number of hydrogen-bond donors (Lipinski definition) is 1. The molecule has 1 aromatic rings. The molecule has 2 atom stereocenters. The molecule has 0 unspecified atom stereocenters. The fourth-order valence-corrected chi connectivity index (χ4v) is 1.56. The maximum Gasteiger partial charge on any atom is 0.244 e. The SMILES string of the molecule is CC[C@H](N)c1ccnc([S@@+](C)[O-])c1. The minimum absolute atomic E-state index is 0.0188. The zero-order chi connectivity index (χ0) is 9.84. The highest BCUT2D eigenvalue weighted by Crippen LogP contribution is 2.15. The van der Waals surface area contributed by atoms with Gasteiger partial charge in [-0.25, -0.2) is 4.98 Å². The van der Waals surface area contributed by atoms with Gasteiger partial charge in [0.1, 0.15) is 6.26 Å². The van der Waals surface area contributed by atoms with Crippen molar-refractivity contribution in [2.75, 3.05) is 6.26 Å². The topological polar surface area (TPSA) is 62.0 Å². The van der Waals surface area contributed by atoms with Gasteiger partial charge in [-0.05, 0) is 18.1 Å². The minimum Gasteiger partial charge on any atom is -0.610 e. The molecule has 1 rings (SSSR count). The van der Waals surface area contributed by atoms with E-state index in [0.717, 1.165) is 12.0 Å². The molecule has 0 bridgehead atoms. The number of pyridine rings is 1. The minimum atomic E-state index is -1.02. The Bertz CT molecular complexity index is 278. The third-order valence-electron chi connectivity index (χ3n) is 1.92. The second-order valence-electron chi connectivity index (χ2n) is 2.90. The van der Waals surface area contributed by atoms with E-state index in [0.29, 0.717) is 5.03 Å². The van der Waals surface area contributed by atoms with Gasteiger partial charge in [0.15, 0.2) is 0 Å². The van der Waals surface area contributed by atoms with Crippen LogP contribution >= 0.6 is 0 Å². The van der Waals surface area contributed by atoms with Crippen molar-refractivity contribution in [3.05, 3.63) is 23.9 Å². The van der Waals surface area contributed by atoms with E-state index in [4.69, 9.17) is 5.73 Å². The van der Waals surface area contributed by atoms with E-state index in [1.807, 2.05) is 19.1 Å². The Balaban J connectivity index is 2.91. The first kappa shape index (κ1) is 10.5. The molecule has 0 fully saturated rings. The molecule has 13 heavy (non-hydrogen) atoms. The van der Waals surface area contributed by atoms with Crippen molar-refractivity contribution < 1.29 is 4.55 Å². The smallest absolute Gasteiger partial charge is 0.244 e. The van der Waals surface area contributed by atoms with Crippen molar-refractivity contribution >= 4 is 11.2 Å². The lowest BCUT2D eigenvalue weighted by atomic mass is 10.1. The lowest BCUT2D eigenvalue weighted by Gasteiger charge is -2.10. The van der Waals surface area contributed by atoms with Crippen LogP contribution in [0.5, 0.6) is 0 Å². The summed E-state index contributed by atoms with van der Waals surface area (Å²) in [6.45, 7) is 2.02. The molecule has 1 heterocycles. The Morgan fingerprint density at radius 1 is 1.69 bits per heavy atom. The van der Waals surface area contributed by atoms with Gasteiger partial charge >= 0.3 is 0 Å². The molecule has 3 nitrogen and oxygen atoms in total. The molecule has 0 amide bonds. The van der Waals surface area contributed by atoms with E-state index in [1.165, 1.54) is 0 Å². The van der Waals surface area contributed by atoms with Crippen molar-refractivity contribution in [3.8, 4) is 0 Å². The Morgan fingerprint density at radius 3 is 2.92 bits per heavy atom. The zero-order valence-electron chi connectivity index (χ0n) is 7.86. The molecule has 4 heteroatoms. The predicted octanol–water partition coefficient (Wildman–Crippen LogP) is 1.23. The van der Waals surface area contributed by atoms with Crippen molar-refractivity contribution in [2.24, 2.45) is 5.73 Å². The van der Waals surface area contributed by atoms with Crippen LogP contribution in [0.2, 0.25) is 0 Å². The second kappa shape index (κ2) is 4.60. The molecule has 0 aliphatic heterocycles. The molecular weight excluding hydrogens is 184 g/mol. The Kier molecular flexibility index (Phi) is 3.71. The quantitative estimate of drug-likeness (QED) is 0.743. The molecule has 0 saturated carbocycles. The molecule has 0 saturated heterocycles. The van der Waals surface area contributed by atoms with Gasteiger partial charge in [0.05, 0.1) is 0 Å². The third kappa shape index (κ3) is 2.69. The summed E-state index contributed by atoms with van der Waals surface area (Å²) in [6, 6.07) is 3.69. The van der Waals surface area contributed by atoms with Crippen LogP contribution in [-0.2, 0) is 11.2 Å². The number of nitrogens with zero attached hydrogens (tertiary/aromatic N) is 1. The summed E-state index contributed by atoms with van der Waals surface area (Å²) in [4.78, 5) is 4.00. The molecular formula is C9H14N2OS. The fourth-order valence-electron chi connectivity index (χ4n) is 1.05. The molecule has 72 valence electrons. The van der Waals surface area contributed by atoms with Crippen molar-refractivity contribution in [3.63, 3.8) is 0 Å². The number of rotatable bonds is 3. The Hall–Kier alpha value is -0.580. The van der Waals surface area contributed by atoms with Crippen molar-refractivity contribution in [2.45, 2.75) is 24.4 Å². The summed E-state index contributed by atoms with van der Waals surface area (Å²) in [5.74, 6) is 0. The van der Waals surface area contributed by atoms with Gasteiger partial charge in [0, 0.05) is 29.5 Å². The van der Waals surface area contributed by atoms with Crippen LogP contribution in [0.3, 0.4) is 0 Å². The summed E-state index contributed by atoms with van der Waals surface area (Å²) in [7, 11) is 0. The summed E-state index contributed by atoms with van der Waals surface area (Å²) < 4.78 is 11.1. The first-order valence-corrected chi connectivity index (χ1v) is 5.76. The number of aromatic nitrogens is 1. The average Bonchev–Trinajstić information content (AvgIpc) is 2.17. The van der Waals surface area contributed by atoms with Gasteiger partial charge in [-0.1, -0.05) is 6.92 Å². The van der Waals surface area contributed by atoms with E-state index in [2.05, 4.69) is 4.98 Å². The zero-order valence-corrected chi connectivity index (χ0v) is 8.67. The van der Waals surface area contributed by atoms with Crippen molar-refractivity contribution in [1.82, 2.24) is 4.98 Å². The van der Waals surface area contributed by atoms with Crippen LogP contribution in [0.4, 0.5) is 0 Å². The highest BCUT2D eigenvalue weighted by atomic mass is 32.2. The van der Waals surface area contributed by atoms with Gasteiger partial charge in [-0.15, -0.1) is 0 Å². The summed E-state index contributed by atoms with van der Waals surface area (Å²) in [5, 5.41) is 0.599. The van der Waals surface area contributed by atoms with Gasteiger partial charge < -0.3 is 10.3 Å². The highest BCUT2D eigenvalue weighted by Gasteiger charge is 2.09. The fraction of sp³-hybridized carbons (Fsp3) is 0.444. The molecule has 0 radical (unpaired) electrons. The Morgan fingerprint density at radius 2 is 2.38 bits per heavy atom. The first-order valence-electron chi connectivity index (χ1n) is 4.20. The lowest BCUT2D eigenvalue weighted by molar-refractivity contribution is 0.596. The monoisotopic (exact) mass is 198 g/mol. The number of nitrogens with two attached hydrogens (primary N) is 1. The molecule has 1 aromatic heterocycles. The molecule has 0 aliphatic carbocycles. The van der Waals surface area contributed by atoms with E-state index < -0.39 is 11.2 Å². The Labute approximate surface area is 81.5 Å². The van der Waals surface area contributed by atoms with Crippen LogP contribution in [0.15, 0.2) is 23.4 Å². The summed E-state index contributed by atoms with van der Waals surface area (Å²) in [5.41, 5.74) is 6.84. The maximum atomic E-state index is 11.1. The van der Waals surface area contributed by atoms with Gasteiger partial charge in [-0.2, -0.15) is 0 Å². The molecule has 2 N–H and O–H groups in total. The average molecular weight is 198 g/mol. The second-order valence-corrected chi connectivity index (χ2v) is 4.22. The molecule has 0 spiro atoms. The predicted molar refractivity (Wildman–Crippen MR) is 53.8 cm³/mol. The lowest BCUT2D eigenvalue weighted by Crippen LogP contribution is -2.10. The summed E-state index contributed by atoms with van der Waals surface area (Å²) in [6.07, 6.45) is 4.14. The number of hydrogen-bond acceptors (Lipinski definition) is 3. The standard InChI is InChI=1S/C9H14N2OS/c1-3-8(10)7-4-5-11-9(6-7)13(2)12/h4-6,8H,3,10H2,1-2H3/t8-,13+/m0/s1.